The Balaban J connectivity index is 2.02. The Morgan fingerprint density at radius 3 is 2.71 bits per heavy atom. The average Bonchev–Trinajstić information content (AvgIpc) is 2.47. The Morgan fingerprint density at radius 1 is 1.38 bits per heavy atom. The molecule has 0 radical (unpaired) electrons. The second-order valence-electron chi connectivity index (χ2n) is 5.63. The summed E-state index contributed by atoms with van der Waals surface area (Å²) in [6.07, 6.45) is 4.16. The highest BCUT2D eigenvalue weighted by Gasteiger charge is 2.21. The van der Waals surface area contributed by atoms with Gasteiger partial charge in [0, 0.05) is 11.6 Å². The van der Waals surface area contributed by atoms with E-state index < -0.39 is 5.82 Å². The molecule has 2 rings (SSSR count). The molecule has 21 heavy (non-hydrogen) atoms. The fraction of sp³-hybridized carbons (Fsp3) is 0.471. The molecule has 1 aliphatic carbocycles. The number of benzene rings is 1. The molecule has 0 heterocycles. The smallest absolute Gasteiger partial charge is 0.254 e. The number of rotatable bonds is 2. The van der Waals surface area contributed by atoms with Crippen LogP contribution < -0.4 is 11.1 Å². The molecule has 0 aromatic heterocycles. The number of amides is 1. The zero-order valence-corrected chi connectivity index (χ0v) is 12.3. The Morgan fingerprint density at radius 2 is 2.10 bits per heavy atom. The van der Waals surface area contributed by atoms with Gasteiger partial charge < -0.3 is 11.1 Å². The Hall–Kier alpha value is -1.86. The average molecular weight is 288 g/mol. The van der Waals surface area contributed by atoms with Crippen LogP contribution in [0.4, 0.5) is 4.39 Å². The van der Waals surface area contributed by atoms with Crippen molar-refractivity contribution in [3.63, 3.8) is 0 Å². The van der Waals surface area contributed by atoms with Crippen LogP contribution in [0, 0.1) is 23.6 Å². The molecule has 1 saturated carbocycles. The number of hydrogen-bond acceptors (Lipinski definition) is 2. The Kier molecular flexibility index (Phi) is 5.35. The van der Waals surface area contributed by atoms with Gasteiger partial charge in [0.05, 0.1) is 12.1 Å². The van der Waals surface area contributed by atoms with Gasteiger partial charge in [-0.1, -0.05) is 18.8 Å². The van der Waals surface area contributed by atoms with E-state index in [4.69, 9.17) is 5.73 Å². The molecule has 1 amide bonds. The third-order valence-corrected chi connectivity index (χ3v) is 3.90. The van der Waals surface area contributed by atoms with E-state index in [2.05, 4.69) is 24.1 Å². The van der Waals surface area contributed by atoms with Crippen LogP contribution in [-0.4, -0.2) is 18.5 Å². The predicted molar refractivity (Wildman–Crippen MR) is 81.2 cm³/mol. The number of hydrogen-bond donors (Lipinski definition) is 2. The molecule has 0 atom stereocenters. The van der Waals surface area contributed by atoms with Gasteiger partial charge >= 0.3 is 0 Å². The van der Waals surface area contributed by atoms with Gasteiger partial charge in [-0.25, -0.2) is 4.39 Å². The maximum Gasteiger partial charge on any atom is 0.254 e. The summed E-state index contributed by atoms with van der Waals surface area (Å²) in [7, 11) is 0. The number of carbonyl (C=O) groups is 1. The van der Waals surface area contributed by atoms with Crippen LogP contribution in [0.15, 0.2) is 18.2 Å². The molecular weight excluding hydrogens is 267 g/mol. The summed E-state index contributed by atoms with van der Waals surface area (Å²) in [5.41, 5.74) is 5.88. The zero-order valence-electron chi connectivity index (χ0n) is 12.3. The lowest BCUT2D eigenvalue weighted by atomic mass is 9.87. The van der Waals surface area contributed by atoms with Crippen LogP contribution in [0.3, 0.4) is 0 Å². The van der Waals surface area contributed by atoms with E-state index in [1.807, 2.05) is 0 Å². The second-order valence-corrected chi connectivity index (χ2v) is 5.63. The Labute approximate surface area is 125 Å². The summed E-state index contributed by atoms with van der Waals surface area (Å²) < 4.78 is 14.0. The van der Waals surface area contributed by atoms with Crippen LogP contribution in [-0.2, 0) is 0 Å². The van der Waals surface area contributed by atoms with E-state index in [0.29, 0.717) is 5.56 Å². The lowest BCUT2D eigenvalue weighted by Gasteiger charge is -2.26. The first-order valence-electron chi connectivity index (χ1n) is 7.39. The molecule has 4 heteroatoms. The quantitative estimate of drug-likeness (QED) is 0.821. The molecule has 0 saturated heterocycles. The summed E-state index contributed by atoms with van der Waals surface area (Å²) in [5, 5.41) is 2.92. The van der Waals surface area contributed by atoms with E-state index in [0.717, 1.165) is 31.6 Å². The largest absolute Gasteiger partial charge is 0.349 e. The van der Waals surface area contributed by atoms with Crippen LogP contribution in [0.5, 0.6) is 0 Å². The van der Waals surface area contributed by atoms with Crippen molar-refractivity contribution in [3.05, 3.63) is 35.1 Å². The van der Waals surface area contributed by atoms with Gasteiger partial charge in [0.1, 0.15) is 5.82 Å². The lowest BCUT2D eigenvalue weighted by molar-refractivity contribution is 0.0919. The highest BCUT2D eigenvalue weighted by molar-refractivity contribution is 5.94. The lowest BCUT2D eigenvalue weighted by Crippen LogP contribution is -2.37. The van der Waals surface area contributed by atoms with Gasteiger partial charge in [-0.3, -0.25) is 4.79 Å². The molecule has 1 aromatic rings. The van der Waals surface area contributed by atoms with Crippen LogP contribution in [0.2, 0.25) is 0 Å². The maximum absolute atomic E-state index is 14.0. The van der Waals surface area contributed by atoms with E-state index in [1.54, 1.807) is 6.07 Å². The second kappa shape index (κ2) is 7.24. The molecule has 1 aromatic carbocycles. The number of carbonyl (C=O) groups excluding carboxylic acids is 1. The third-order valence-electron chi connectivity index (χ3n) is 3.90. The first kappa shape index (κ1) is 15.5. The normalized spacial score (nSPS) is 21.3. The van der Waals surface area contributed by atoms with E-state index in [1.165, 1.54) is 12.1 Å². The minimum absolute atomic E-state index is 0.0759. The highest BCUT2D eigenvalue weighted by atomic mass is 19.1. The maximum atomic E-state index is 14.0. The van der Waals surface area contributed by atoms with Crippen LogP contribution in [0.1, 0.15) is 48.5 Å². The SMILES string of the molecule is CC1CCC(NC(=O)c2ccc(C#CCN)cc2F)CC1. The molecule has 1 aliphatic rings. The van der Waals surface area contributed by atoms with Crippen molar-refractivity contribution in [2.75, 3.05) is 6.54 Å². The van der Waals surface area contributed by atoms with Crippen LogP contribution in [0.25, 0.3) is 0 Å². The molecule has 1 fully saturated rings. The van der Waals surface area contributed by atoms with Crippen molar-refractivity contribution >= 4 is 5.91 Å². The van der Waals surface area contributed by atoms with Gasteiger partial charge in [0.15, 0.2) is 0 Å². The Bertz CT molecular complexity index is 566. The molecule has 112 valence electrons. The zero-order chi connectivity index (χ0) is 15.2. The number of nitrogens with two attached hydrogens (primary N) is 1. The summed E-state index contributed by atoms with van der Waals surface area (Å²) in [6.45, 7) is 2.45. The first-order valence-corrected chi connectivity index (χ1v) is 7.39. The van der Waals surface area contributed by atoms with Gasteiger partial charge in [-0.2, -0.15) is 0 Å². The topological polar surface area (TPSA) is 55.1 Å². The summed E-state index contributed by atoms with van der Waals surface area (Å²) in [5.74, 6) is 5.25. The monoisotopic (exact) mass is 288 g/mol. The third kappa shape index (κ3) is 4.30. The van der Waals surface area contributed by atoms with E-state index in [9.17, 15) is 9.18 Å². The molecule has 0 spiro atoms. The van der Waals surface area contributed by atoms with Crippen molar-refractivity contribution < 1.29 is 9.18 Å². The number of nitrogens with one attached hydrogen (secondary N) is 1. The summed E-state index contributed by atoms with van der Waals surface area (Å²) in [4.78, 5) is 12.1. The van der Waals surface area contributed by atoms with Gasteiger partial charge in [-0.15, -0.1) is 0 Å². The highest BCUT2D eigenvalue weighted by Crippen LogP contribution is 2.23. The molecule has 3 N–H and O–H groups in total. The van der Waals surface area contributed by atoms with Gasteiger partial charge in [0.25, 0.3) is 5.91 Å². The molecule has 0 unspecified atom stereocenters. The predicted octanol–water partition coefficient (Wildman–Crippen LogP) is 2.44. The van der Waals surface area contributed by atoms with Crippen molar-refractivity contribution in [1.29, 1.82) is 0 Å². The molecule has 3 nitrogen and oxygen atoms in total. The minimum Gasteiger partial charge on any atom is -0.349 e. The minimum atomic E-state index is -0.541. The number of halogens is 1. The fourth-order valence-corrected chi connectivity index (χ4v) is 2.60. The summed E-state index contributed by atoms with van der Waals surface area (Å²) >= 11 is 0. The summed E-state index contributed by atoms with van der Waals surface area (Å²) in [6, 6.07) is 4.56. The molecule has 0 bridgehead atoms. The van der Waals surface area contributed by atoms with Crippen molar-refractivity contribution in [2.24, 2.45) is 11.7 Å². The van der Waals surface area contributed by atoms with E-state index in [-0.39, 0.29) is 24.1 Å². The van der Waals surface area contributed by atoms with Crippen molar-refractivity contribution in [2.45, 2.75) is 38.6 Å². The standard InChI is InChI=1S/C17H21FN2O/c1-12-4-7-14(8-5-12)20-17(21)15-9-6-13(3-2-10-19)11-16(15)18/h6,9,11-12,14H,4-5,7-8,10,19H2,1H3,(H,20,21). The molecule has 0 aliphatic heterocycles. The molecular formula is C17H21FN2O. The van der Waals surface area contributed by atoms with Crippen LogP contribution >= 0.6 is 0 Å². The van der Waals surface area contributed by atoms with Gasteiger partial charge in [-0.05, 0) is 49.8 Å². The van der Waals surface area contributed by atoms with Crippen molar-refractivity contribution in [3.8, 4) is 11.8 Å². The fourth-order valence-electron chi connectivity index (χ4n) is 2.60. The van der Waals surface area contributed by atoms with Crippen molar-refractivity contribution in [1.82, 2.24) is 5.32 Å². The van der Waals surface area contributed by atoms with Gasteiger partial charge in [0.2, 0.25) is 0 Å². The first-order chi connectivity index (χ1) is 10.1. The van der Waals surface area contributed by atoms with E-state index >= 15 is 0 Å².